The maximum atomic E-state index is 12.1. The van der Waals surface area contributed by atoms with Gasteiger partial charge >= 0.3 is 6.03 Å². The van der Waals surface area contributed by atoms with E-state index in [9.17, 15) is 9.59 Å². The summed E-state index contributed by atoms with van der Waals surface area (Å²) in [6.45, 7) is 1.54. The maximum Gasteiger partial charge on any atom is 0.319 e. The van der Waals surface area contributed by atoms with Crippen molar-refractivity contribution in [3.63, 3.8) is 0 Å². The summed E-state index contributed by atoms with van der Waals surface area (Å²) in [5, 5.41) is 9.60. The van der Waals surface area contributed by atoms with Crippen LogP contribution in [0.2, 0.25) is 0 Å². The number of rotatable bonds is 5. The molecule has 2 aromatic heterocycles. The molecule has 0 atom stereocenters. The average Bonchev–Trinajstić information content (AvgIpc) is 3.02. The average molecular weight is 344 g/mol. The molecule has 10 nitrogen and oxygen atoms in total. The number of urea groups is 1. The molecule has 1 aliphatic heterocycles. The van der Waals surface area contributed by atoms with Crippen LogP contribution in [0.1, 0.15) is 12.8 Å². The van der Waals surface area contributed by atoms with E-state index in [1.807, 2.05) is 0 Å². The minimum Gasteiger partial charge on any atom is -0.368 e. The summed E-state index contributed by atoms with van der Waals surface area (Å²) < 4.78 is 1.37. The van der Waals surface area contributed by atoms with Gasteiger partial charge in [-0.2, -0.15) is 5.10 Å². The van der Waals surface area contributed by atoms with Gasteiger partial charge in [-0.1, -0.05) is 0 Å². The van der Waals surface area contributed by atoms with E-state index in [2.05, 4.69) is 30.6 Å². The largest absolute Gasteiger partial charge is 0.368 e. The molecule has 0 aromatic carbocycles. The number of anilines is 2. The molecule has 1 aliphatic rings. The Balaban J connectivity index is 1.45. The predicted octanol–water partition coefficient (Wildman–Crippen LogP) is -0.0511. The molecular formula is C15H20N8O2. The number of aromatic nitrogens is 4. The summed E-state index contributed by atoms with van der Waals surface area (Å²) in [6, 6.07) is 1.57. The van der Waals surface area contributed by atoms with E-state index in [-0.39, 0.29) is 18.6 Å². The van der Waals surface area contributed by atoms with Gasteiger partial charge < -0.3 is 21.3 Å². The second kappa shape index (κ2) is 7.60. The smallest absolute Gasteiger partial charge is 0.319 e. The number of piperidine rings is 1. The van der Waals surface area contributed by atoms with Gasteiger partial charge in [0.25, 0.3) is 0 Å². The minimum absolute atomic E-state index is 0.0245. The van der Waals surface area contributed by atoms with E-state index in [4.69, 9.17) is 5.73 Å². The van der Waals surface area contributed by atoms with Crippen molar-refractivity contribution in [1.29, 1.82) is 0 Å². The number of nitrogens with zero attached hydrogens (tertiary/aromatic N) is 5. The number of nitrogens with two attached hydrogens (primary N) is 1. The molecule has 0 radical (unpaired) electrons. The van der Waals surface area contributed by atoms with Crippen molar-refractivity contribution in [2.24, 2.45) is 5.73 Å². The van der Waals surface area contributed by atoms with Crippen LogP contribution in [-0.4, -0.2) is 50.8 Å². The summed E-state index contributed by atoms with van der Waals surface area (Å²) in [4.78, 5) is 33.5. The van der Waals surface area contributed by atoms with Crippen LogP contribution >= 0.6 is 0 Å². The fraction of sp³-hybridized carbons (Fsp3) is 0.400. The molecule has 1 saturated heterocycles. The van der Waals surface area contributed by atoms with Crippen molar-refractivity contribution in [1.82, 2.24) is 25.1 Å². The second-order valence-corrected chi connectivity index (χ2v) is 5.80. The first-order chi connectivity index (χ1) is 12.1. The Hall–Kier alpha value is -3.17. The topological polar surface area (TPSA) is 131 Å². The first-order valence-corrected chi connectivity index (χ1v) is 8.00. The first kappa shape index (κ1) is 16.7. The Morgan fingerprint density at radius 3 is 2.64 bits per heavy atom. The lowest BCUT2D eigenvalue weighted by Crippen LogP contribution is -2.46. The van der Waals surface area contributed by atoms with Crippen LogP contribution < -0.4 is 21.3 Å². The first-order valence-electron chi connectivity index (χ1n) is 8.00. The van der Waals surface area contributed by atoms with Gasteiger partial charge in [0.2, 0.25) is 11.9 Å². The van der Waals surface area contributed by atoms with Crippen molar-refractivity contribution >= 4 is 23.6 Å². The van der Waals surface area contributed by atoms with Crippen LogP contribution in [-0.2, 0) is 11.3 Å². The molecule has 0 spiro atoms. The van der Waals surface area contributed by atoms with Gasteiger partial charge in [-0.3, -0.25) is 9.48 Å². The van der Waals surface area contributed by atoms with Gasteiger partial charge in [0.15, 0.2) is 0 Å². The molecule has 0 aliphatic carbocycles. The molecule has 3 heterocycles. The van der Waals surface area contributed by atoms with E-state index < -0.39 is 5.91 Å². The standard InChI is InChI=1S/C15H20N8O2/c16-13(24)10-23-9-12(8-19-23)21-15(25)20-11-2-6-22(7-3-11)14-17-4-1-5-18-14/h1,4-5,8-9,11H,2-3,6-7,10H2,(H2,16,24)(H2,20,21,25). The zero-order valence-corrected chi connectivity index (χ0v) is 13.6. The highest BCUT2D eigenvalue weighted by molar-refractivity contribution is 5.89. The van der Waals surface area contributed by atoms with Crippen molar-refractivity contribution in [3.8, 4) is 0 Å². The molecule has 3 amide bonds. The van der Waals surface area contributed by atoms with Crippen molar-refractivity contribution in [2.75, 3.05) is 23.3 Å². The number of hydrogen-bond acceptors (Lipinski definition) is 6. The van der Waals surface area contributed by atoms with Gasteiger partial charge in [0, 0.05) is 37.7 Å². The molecule has 0 bridgehead atoms. The quantitative estimate of drug-likeness (QED) is 0.697. The highest BCUT2D eigenvalue weighted by Gasteiger charge is 2.22. The van der Waals surface area contributed by atoms with E-state index in [0.29, 0.717) is 11.6 Å². The Bertz CT molecular complexity index is 724. The fourth-order valence-corrected chi connectivity index (χ4v) is 2.71. The summed E-state index contributed by atoms with van der Waals surface area (Å²) in [5.41, 5.74) is 5.61. The number of hydrogen-bond donors (Lipinski definition) is 3. The van der Waals surface area contributed by atoms with E-state index in [1.54, 1.807) is 24.7 Å². The summed E-state index contributed by atoms with van der Waals surface area (Å²) in [7, 11) is 0. The number of primary amides is 1. The molecular weight excluding hydrogens is 324 g/mol. The molecule has 1 fully saturated rings. The monoisotopic (exact) mass is 344 g/mol. The van der Waals surface area contributed by atoms with E-state index in [1.165, 1.54) is 10.9 Å². The zero-order chi connectivity index (χ0) is 17.6. The van der Waals surface area contributed by atoms with E-state index in [0.717, 1.165) is 25.9 Å². The summed E-state index contributed by atoms with van der Waals surface area (Å²) in [5.74, 6) is 0.223. The third kappa shape index (κ3) is 4.66. The Morgan fingerprint density at radius 1 is 1.24 bits per heavy atom. The predicted molar refractivity (Wildman–Crippen MR) is 90.8 cm³/mol. The molecule has 10 heteroatoms. The number of amides is 3. The van der Waals surface area contributed by atoms with Crippen LogP contribution in [0, 0.1) is 0 Å². The van der Waals surface area contributed by atoms with Gasteiger partial charge in [0.1, 0.15) is 6.54 Å². The van der Waals surface area contributed by atoms with Crippen LogP contribution in [0.4, 0.5) is 16.4 Å². The normalized spacial score (nSPS) is 15.0. The summed E-state index contributed by atoms with van der Waals surface area (Å²) >= 11 is 0. The number of carbonyl (C=O) groups excluding carboxylic acids is 2. The number of nitrogens with one attached hydrogen (secondary N) is 2. The van der Waals surface area contributed by atoms with Gasteiger partial charge in [-0.05, 0) is 18.9 Å². The molecule has 132 valence electrons. The fourth-order valence-electron chi connectivity index (χ4n) is 2.71. The molecule has 25 heavy (non-hydrogen) atoms. The zero-order valence-electron chi connectivity index (χ0n) is 13.6. The SMILES string of the molecule is NC(=O)Cn1cc(NC(=O)NC2CCN(c3ncccn3)CC2)cn1. The van der Waals surface area contributed by atoms with Gasteiger partial charge in [0.05, 0.1) is 11.9 Å². The van der Waals surface area contributed by atoms with Gasteiger partial charge in [-0.25, -0.2) is 14.8 Å². The molecule has 4 N–H and O–H groups in total. The molecule has 2 aromatic rings. The third-order valence-electron chi connectivity index (χ3n) is 3.87. The number of carbonyl (C=O) groups is 2. The van der Waals surface area contributed by atoms with E-state index >= 15 is 0 Å². The molecule has 0 unspecified atom stereocenters. The Morgan fingerprint density at radius 2 is 1.96 bits per heavy atom. The van der Waals surface area contributed by atoms with Crippen molar-refractivity contribution in [2.45, 2.75) is 25.4 Å². The molecule has 3 rings (SSSR count). The van der Waals surface area contributed by atoms with Crippen LogP contribution in [0.3, 0.4) is 0 Å². The summed E-state index contributed by atoms with van der Waals surface area (Å²) in [6.07, 6.45) is 8.09. The maximum absolute atomic E-state index is 12.1. The Labute approximate surface area is 144 Å². The van der Waals surface area contributed by atoms with Crippen LogP contribution in [0.15, 0.2) is 30.9 Å². The highest BCUT2D eigenvalue weighted by Crippen LogP contribution is 2.15. The lowest BCUT2D eigenvalue weighted by atomic mass is 10.1. The van der Waals surface area contributed by atoms with Crippen molar-refractivity contribution < 1.29 is 9.59 Å². The van der Waals surface area contributed by atoms with Gasteiger partial charge in [-0.15, -0.1) is 0 Å². The van der Waals surface area contributed by atoms with Crippen LogP contribution in [0.5, 0.6) is 0 Å². The lowest BCUT2D eigenvalue weighted by molar-refractivity contribution is -0.118. The molecule has 0 saturated carbocycles. The second-order valence-electron chi connectivity index (χ2n) is 5.80. The Kier molecular flexibility index (Phi) is 5.07. The minimum atomic E-state index is -0.492. The third-order valence-corrected chi connectivity index (χ3v) is 3.87. The lowest BCUT2D eigenvalue weighted by Gasteiger charge is -2.32. The highest BCUT2D eigenvalue weighted by atomic mass is 16.2. The van der Waals surface area contributed by atoms with Crippen LogP contribution in [0.25, 0.3) is 0 Å². The van der Waals surface area contributed by atoms with Crippen molar-refractivity contribution in [3.05, 3.63) is 30.9 Å².